The standard InChI is InChI=1S/C24H26N4O4/c1-27-19(15-22(30)28(2)24(27)32)16-25-23(31)20(13-17-9-5-3-6-10-17)26-21(29)14-18-11-7-4-8-12-18/h3-12,15,20H,13-14,16H2,1-2H3,(H,25,31)(H,26,29). The SMILES string of the molecule is Cn1c(CNC(=O)C(Cc2ccccc2)NC(=O)Cc2ccccc2)cc(=O)n(C)c1=O. The summed E-state index contributed by atoms with van der Waals surface area (Å²) in [6, 6.07) is 19.2. The second-order valence-electron chi connectivity index (χ2n) is 7.56. The zero-order valence-electron chi connectivity index (χ0n) is 18.1. The molecule has 1 aromatic heterocycles. The lowest BCUT2D eigenvalue weighted by Crippen LogP contribution is -2.49. The zero-order chi connectivity index (χ0) is 23.1. The number of hydrogen-bond acceptors (Lipinski definition) is 4. The molecular formula is C24H26N4O4. The van der Waals surface area contributed by atoms with Gasteiger partial charge in [0.2, 0.25) is 11.8 Å². The van der Waals surface area contributed by atoms with Gasteiger partial charge in [0.1, 0.15) is 6.04 Å². The Kier molecular flexibility index (Phi) is 7.38. The highest BCUT2D eigenvalue weighted by Gasteiger charge is 2.21. The molecule has 166 valence electrons. The highest BCUT2D eigenvalue weighted by molar-refractivity contribution is 5.88. The highest BCUT2D eigenvalue weighted by atomic mass is 16.2. The Bertz CT molecular complexity index is 1200. The molecule has 1 heterocycles. The van der Waals surface area contributed by atoms with Gasteiger partial charge in [-0.1, -0.05) is 60.7 Å². The second kappa shape index (κ2) is 10.4. The van der Waals surface area contributed by atoms with Crippen molar-refractivity contribution in [1.82, 2.24) is 19.8 Å². The van der Waals surface area contributed by atoms with Gasteiger partial charge in [0, 0.05) is 32.3 Å². The highest BCUT2D eigenvalue weighted by Crippen LogP contribution is 2.06. The van der Waals surface area contributed by atoms with Crippen LogP contribution in [0.4, 0.5) is 0 Å². The maximum Gasteiger partial charge on any atom is 0.330 e. The summed E-state index contributed by atoms with van der Waals surface area (Å²) in [4.78, 5) is 49.6. The molecular weight excluding hydrogens is 408 g/mol. The number of rotatable bonds is 8. The molecule has 2 aromatic carbocycles. The van der Waals surface area contributed by atoms with Gasteiger partial charge in [0.05, 0.1) is 13.0 Å². The number of aromatic nitrogens is 2. The molecule has 2 amide bonds. The van der Waals surface area contributed by atoms with Gasteiger partial charge in [-0.15, -0.1) is 0 Å². The van der Waals surface area contributed by atoms with Crippen LogP contribution >= 0.6 is 0 Å². The van der Waals surface area contributed by atoms with Gasteiger partial charge < -0.3 is 10.6 Å². The number of carbonyl (C=O) groups is 2. The Morgan fingerprint density at radius 3 is 2.09 bits per heavy atom. The van der Waals surface area contributed by atoms with Gasteiger partial charge in [-0.25, -0.2) is 4.79 Å². The molecule has 8 nitrogen and oxygen atoms in total. The van der Waals surface area contributed by atoms with Crippen molar-refractivity contribution in [3.8, 4) is 0 Å². The molecule has 0 spiro atoms. The van der Waals surface area contributed by atoms with Crippen molar-refractivity contribution in [3.05, 3.63) is 104 Å². The van der Waals surface area contributed by atoms with Crippen LogP contribution in [0.5, 0.6) is 0 Å². The summed E-state index contributed by atoms with van der Waals surface area (Å²) in [7, 11) is 2.93. The molecule has 1 atom stereocenters. The number of nitrogens with one attached hydrogen (secondary N) is 2. The van der Waals surface area contributed by atoms with Gasteiger partial charge in [-0.05, 0) is 11.1 Å². The molecule has 0 aliphatic carbocycles. The van der Waals surface area contributed by atoms with Crippen molar-refractivity contribution in [2.75, 3.05) is 0 Å². The van der Waals surface area contributed by atoms with Crippen LogP contribution in [0, 0.1) is 0 Å². The van der Waals surface area contributed by atoms with Crippen LogP contribution in [-0.2, 0) is 43.1 Å². The van der Waals surface area contributed by atoms with E-state index in [1.54, 1.807) is 0 Å². The minimum Gasteiger partial charge on any atom is -0.349 e. The van der Waals surface area contributed by atoms with Gasteiger partial charge in [-0.3, -0.25) is 23.5 Å². The first-order chi connectivity index (χ1) is 15.3. The molecule has 0 fully saturated rings. The fourth-order valence-corrected chi connectivity index (χ4v) is 3.33. The van der Waals surface area contributed by atoms with Crippen LogP contribution in [0.15, 0.2) is 76.3 Å². The third-order valence-corrected chi connectivity index (χ3v) is 5.21. The van der Waals surface area contributed by atoms with E-state index in [0.29, 0.717) is 12.1 Å². The van der Waals surface area contributed by atoms with E-state index in [2.05, 4.69) is 10.6 Å². The topological polar surface area (TPSA) is 102 Å². The number of carbonyl (C=O) groups excluding carboxylic acids is 2. The summed E-state index contributed by atoms with van der Waals surface area (Å²) in [5.74, 6) is -0.670. The van der Waals surface area contributed by atoms with E-state index in [1.807, 2.05) is 60.7 Å². The van der Waals surface area contributed by atoms with Crippen LogP contribution in [0.2, 0.25) is 0 Å². The summed E-state index contributed by atoms with van der Waals surface area (Å²) in [6.07, 6.45) is 0.464. The monoisotopic (exact) mass is 434 g/mol. The van der Waals surface area contributed by atoms with Crippen molar-refractivity contribution in [3.63, 3.8) is 0 Å². The van der Waals surface area contributed by atoms with Crippen LogP contribution < -0.4 is 21.9 Å². The maximum absolute atomic E-state index is 13.0. The zero-order valence-corrected chi connectivity index (χ0v) is 18.1. The maximum atomic E-state index is 13.0. The first-order valence-electron chi connectivity index (χ1n) is 10.3. The Labute approximate surface area is 185 Å². The quantitative estimate of drug-likeness (QED) is 0.544. The molecule has 2 N–H and O–H groups in total. The van der Waals surface area contributed by atoms with E-state index < -0.39 is 23.2 Å². The number of benzene rings is 2. The fourth-order valence-electron chi connectivity index (χ4n) is 3.33. The van der Waals surface area contributed by atoms with Crippen molar-refractivity contribution in [2.45, 2.75) is 25.4 Å². The Balaban J connectivity index is 1.73. The average Bonchev–Trinajstić information content (AvgIpc) is 2.80. The summed E-state index contributed by atoms with van der Waals surface area (Å²) in [5, 5.41) is 5.55. The Morgan fingerprint density at radius 2 is 1.47 bits per heavy atom. The number of hydrogen-bond donors (Lipinski definition) is 2. The van der Waals surface area contributed by atoms with Crippen molar-refractivity contribution >= 4 is 11.8 Å². The van der Waals surface area contributed by atoms with Gasteiger partial charge in [0.25, 0.3) is 5.56 Å². The fraction of sp³-hybridized carbons (Fsp3) is 0.250. The summed E-state index contributed by atoms with van der Waals surface area (Å²) >= 11 is 0. The van der Waals surface area contributed by atoms with E-state index in [9.17, 15) is 19.2 Å². The molecule has 0 saturated carbocycles. The Hall–Kier alpha value is -3.94. The predicted octanol–water partition coefficient (Wildman–Crippen LogP) is 0.670. The van der Waals surface area contributed by atoms with Crippen molar-refractivity contribution < 1.29 is 9.59 Å². The second-order valence-corrected chi connectivity index (χ2v) is 7.56. The van der Waals surface area contributed by atoms with Crippen LogP contribution in [0.25, 0.3) is 0 Å². The van der Waals surface area contributed by atoms with Crippen LogP contribution in [-0.4, -0.2) is 27.0 Å². The summed E-state index contributed by atoms with van der Waals surface area (Å²) in [6.45, 7) is -0.0134. The van der Waals surface area contributed by atoms with Gasteiger partial charge in [0.15, 0.2) is 0 Å². The smallest absolute Gasteiger partial charge is 0.330 e. The largest absolute Gasteiger partial charge is 0.349 e. The van der Waals surface area contributed by atoms with Crippen LogP contribution in [0.3, 0.4) is 0 Å². The summed E-state index contributed by atoms with van der Waals surface area (Å²) < 4.78 is 2.30. The Morgan fingerprint density at radius 1 is 0.875 bits per heavy atom. The molecule has 0 saturated heterocycles. The molecule has 0 radical (unpaired) electrons. The lowest BCUT2D eigenvalue weighted by Gasteiger charge is -2.19. The van der Waals surface area contributed by atoms with E-state index in [0.717, 1.165) is 15.7 Å². The molecule has 0 aliphatic heterocycles. The molecule has 3 rings (SSSR count). The minimum absolute atomic E-state index is 0.0134. The lowest BCUT2D eigenvalue weighted by atomic mass is 10.0. The summed E-state index contributed by atoms with van der Waals surface area (Å²) in [5.41, 5.74) is 1.20. The molecule has 1 unspecified atom stereocenters. The predicted molar refractivity (Wildman–Crippen MR) is 121 cm³/mol. The van der Waals surface area contributed by atoms with Crippen molar-refractivity contribution in [2.24, 2.45) is 14.1 Å². The minimum atomic E-state index is -0.808. The third kappa shape index (κ3) is 5.81. The molecule has 0 bridgehead atoms. The third-order valence-electron chi connectivity index (χ3n) is 5.21. The molecule has 3 aromatic rings. The number of nitrogens with zero attached hydrogens (tertiary/aromatic N) is 2. The first kappa shape index (κ1) is 22.7. The normalized spacial score (nSPS) is 11.6. The first-order valence-corrected chi connectivity index (χ1v) is 10.3. The van der Waals surface area contributed by atoms with Gasteiger partial charge >= 0.3 is 5.69 Å². The van der Waals surface area contributed by atoms with Gasteiger partial charge in [-0.2, -0.15) is 0 Å². The molecule has 8 heteroatoms. The lowest BCUT2D eigenvalue weighted by molar-refractivity contribution is -0.128. The van der Waals surface area contributed by atoms with E-state index in [-0.39, 0.29) is 18.9 Å². The molecule has 0 aliphatic rings. The average molecular weight is 434 g/mol. The van der Waals surface area contributed by atoms with Crippen molar-refractivity contribution in [1.29, 1.82) is 0 Å². The van der Waals surface area contributed by atoms with Crippen LogP contribution in [0.1, 0.15) is 16.8 Å². The number of amides is 2. The van der Waals surface area contributed by atoms with E-state index >= 15 is 0 Å². The molecule has 32 heavy (non-hydrogen) atoms. The van der Waals surface area contributed by atoms with E-state index in [4.69, 9.17) is 0 Å². The van der Waals surface area contributed by atoms with E-state index in [1.165, 1.54) is 24.7 Å².